The largest absolute Gasteiger partial charge is 0.487 e. The fourth-order valence-electron chi connectivity index (χ4n) is 5.14. The van der Waals surface area contributed by atoms with Crippen LogP contribution in [0.4, 0.5) is 0 Å². The number of ether oxygens (including phenoxy) is 3. The summed E-state index contributed by atoms with van der Waals surface area (Å²) in [5.74, 6) is -2.56. The quantitative estimate of drug-likeness (QED) is 0.330. The summed E-state index contributed by atoms with van der Waals surface area (Å²) < 4.78 is 22.2. The van der Waals surface area contributed by atoms with Crippen LogP contribution in [0.2, 0.25) is 25.7 Å². The number of carbonyl (C=O) groups is 3. The van der Waals surface area contributed by atoms with Crippen molar-refractivity contribution in [1.82, 2.24) is 5.16 Å². The lowest BCUT2D eigenvalue weighted by atomic mass is 9.55. The molecule has 0 N–H and O–H groups in total. The van der Waals surface area contributed by atoms with E-state index in [4.69, 9.17) is 18.7 Å². The van der Waals surface area contributed by atoms with E-state index in [1.54, 1.807) is 6.07 Å². The molecule has 2 bridgehead atoms. The van der Waals surface area contributed by atoms with E-state index in [0.717, 1.165) is 17.2 Å². The molecule has 1 aromatic carbocycles. The number of nitrogens with zero attached hydrogens (tertiary/aromatic N) is 1. The summed E-state index contributed by atoms with van der Waals surface area (Å²) in [5, 5.41) is 3.94. The van der Waals surface area contributed by atoms with Crippen molar-refractivity contribution in [1.29, 1.82) is 0 Å². The second-order valence-corrected chi connectivity index (χ2v) is 16.6. The molecular weight excluding hydrogens is 478 g/mol. The molecule has 2 aromatic rings. The lowest BCUT2D eigenvalue weighted by Crippen LogP contribution is -2.50. The van der Waals surface area contributed by atoms with Gasteiger partial charge in [-0.15, -0.1) is 0 Å². The van der Waals surface area contributed by atoms with Gasteiger partial charge >= 0.3 is 11.9 Å². The van der Waals surface area contributed by atoms with Crippen molar-refractivity contribution in [3.8, 4) is 5.75 Å². The zero-order valence-electron chi connectivity index (χ0n) is 21.7. The van der Waals surface area contributed by atoms with E-state index < -0.39 is 43.7 Å². The maximum atomic E-state index is 13.3. The molecule has 194 valence electrons. The predicted octanol–water partition coefficient (Wildman–Crippen LogP) is 4.78. The van der Waals surface area contributed by atoms with Crippen LogP contribution >= 0.6 is 0 Å². The average molecular weight is 514 g/mol. The molecule has 36 heavy (non-hydrogen) atoms. The van der Waals surface area contributed by atoms with E-state index in [2.05, 4.69) is 24.8 Å². The molecule has 3 aliphatic rings. The minimum absolute atomic E-state index is 0.0543. The third-order valence-electron chi connectivity index (χ3n) is 6.89. The Labute approximate surface area is 212 Å². The highest BCUT2D eigenvalue weighted by molar-refractivity contribution is 6.76. The van der Waals surface area contributed by atoms with Gasteiger partial charge in [0.25, 0.3) is 0 Å². The molecule has 1 unspecified atom stereocenters. The first kappa shape index (κ1) is 26.1. The fourth-order valence-corrected chi connectivity index (χ4v) is 5.85. The van der Waals surface area contributed by atoms with Crippen molar-refractivity contribution in [3.63, 3.8) is 0 Å². The molecule has 0 amide bonds. The first-order valence-electron chi connectivity index (χ1n) is 12.6. The summed E-state index contributed by atoms with van der Waals surface area (Å²) in [5.41, 5.74) is 2.29. The van der Waals surface area contributed by atoms with Gasteiger partial charge in [0.2, 0.25) is 0 Å². The summed E-state index contributed by atoms with van der Waals surface area (Å²) >= 11 is 0. The number of esters is 2. The molecule has 3 aliphatic carbocycles. The Hall–Kier alpha value is -2.94. The molecule has 1 saturated carbocycles. The standard InChI is InChI=1S/C27H35NO7Si/c1-6-9-32-27(31)25-23-20-13-18(34-15-17-12-16(2)35-28-17)7-8-19(20)21(14-22(23)29)24(25)26(30)33-10-11-36(3,4)5/h7-8,12-13,21,23-25H,6,9-11,14-15H2,1-5H3/t21?,23-,24-,25-/m1/s1. The lowest BCUT2D eigenvalue weighted by molar-refractivity contribution is -0.167. The number of aromatic nitrogens is 1. The monoisotopic (exact) mass is 513 g/mol. The SMILES string of the molecule is CCCOC(=O)[C@H]1[C@H](C(=O)OCC[Si](C)(C)C)C2CC(=O)[C@H]1c1cc(OCc3cc(C)on3)ccc12. The molecule has 0 radical (unpaired) electrons. The van der Waals surface area contributed by atoms with E-state index in [-0.39, 0.29) is 25.4 Å². The summed E-state index contributed by atoms with van der Waals surface area (Å²) in [4.78, 5) is 39.8. The molecule has 0 saturated heterocycles. The molecule has 8 nitrogen and oxygen atoms in total. The van der Waals surface area contributed by atoms with Crippen LogP contribution in [0.1, 0.15) is 54.2 Å². The van der Waals surface area contributed by atoms with Gasteiger partial charge < -0.3 is 18.7 Å². The van der Waals surface area contributed by atoms with E-state index >= 15 is 0 Å². The minimum Gasteiger partial charge on any atom is -0.487 e. The highest BCUT2D eigenvalue weighted by atomic mass is 28.3. The van der Waals surface area contributed by atoms with Crippen molar-refractivity contribution < 1.29 is 33.1 Å². The third-order valence-corrected chi connectivity index (χ3v) is 8.60. The number of hydrogen-bond acceptors (Lipinski definition) is 8. The second-order valence-electron chi connectivity index (χ2n) is 11.0. The van der Waals surface area contributed by atoms with Crippen molar-refractivity contribution >= 4 is 25.8 Å². The lowest BCUT2D eigenvalue weighted by Gasteiger charge is -2.46. The van der Waals surface area contributed by atoms with Crippen LogP contribution in [-0.2, 0) is 30.5 Å². The van der Waals surface area contributed by atoms with Crippen molar-refractivity contribution in [2.75, 3.05) is 13.2 Å². The molecule has 0 spiro atoms. The van der Waals surface area contributed by atoms with Gasteiger partial charge in [-0.25, -0.2) is 0 Å². The van der Waals surface area contributed by atoms with E-state index in [1.807, 2.05) is 32.0 Å². The smallest absolute Gasteiger partial charge is 0.310 e. The Morgan fingerprint density at radius 2 is 1.78 bits per heavy atom. The number of hydrogen-bond donors (Lipinski definition) is 0. The third kappa shape index (κ3) is 5.56. The van der Waals surface area contributed by atoms with Crippen LogP contribution in [0, 0.1) is 18.8 Å². The summed E-state index contributed by atoms with van der Waals surface area (Å²) in [7, 11) is -1.40. The van der Waals surface area contributed by atoms with Crippen LogP contribution in [0.5, 0.6) is 5.75 Å². The second kappa shape index (κ2) is 10.6. The normalized spacial score (nSPS) is 22.8. The summed E-state index contributed by atoms with van der Waals surface area (Å²) in [6, 6.07) is 8.17. The van der Waals surface area contributed by atoms with Gasteiger partial charge in [-0.2, -0.15) is 0 Å². The molecule has 1 aromatic heterocycles. The molecule has 9 heteroatoms. The van der Waals surface area contributed by atoms with Crippen LogP contribution < -0.4 is 4.74 Å². The summed E-state index contributed by atoms with van der Waals surface area (Å²) in [6.07, 6.45) is 0.864. The minimum atomic E-state index is -1.40. The summed E-state index contributed by atoms with van der Waals surface area (Å²) in [6.45, 7) is 11.1. The molecule has 1 heterocycles. The number of fused-ring (bicyclic) bond motifs is 2. The Bertz CT molecular complexity index is 1140. The van der Waals surface area contributed by atoms with Gasteiger partial charge in [0.1, 0.15) is 29.6 Å². The van der Waals surface area contributed by atoms with Crippen LogP contribution in [0.15, 0.2) is 28.8 Å². The van der Waals surface area contributed by atoms with Crippen LogP contribution in [0.25, 0.3) is 0 Å². The van der Waals surface area contributed by atoms with E-state index in [9.17, 15) is 14.4 Å². The average Bonchev–Trinajstić information content (AvgIpc) is 3.24. The Morgan fingerprint density at radius 1 is 1.06 bits per heavy atom. The maximum Gasteiger partial charge on any atom is 0.310 e. The molecule has 5 rings (SSSR count). The van der Waals surface area contributed by atoms with Crippen molar-refractivity contribution in [3.05, 3.63) is 46.8 Å². The zero-order valence-corrected chi connectivity index (χ0v) is 22.7. The number of benzene rings is 1. The fraction of sp³-hybridized carbons (Fsp3) is 0.556. The van der Waals surface area contributed by atoms with Gasteiger partial charge in [-0.3, -0.25) is 14.4 Å². The van der Waals surface area contributed by atoms with Crippen LogP contribution in [-0.4, -0.2) is 44.2 Å². The first-order chi connectivity index (χ1) is 17.1. The maximum absolute atomic E-state index is 13.3. The highest BCUT2D eigenvalue weighted by Gasteiger charge is 2.57. The van der Waals surface area contributed by atoms with Crippen molar-refractivity contribution in [2.24, 2.45) is 11.8 Å². The van der Waals surface area contributed by atoms with Gasteiger partial charge in [-0.05, 0) is 42.6 Å². The van der Waals surface area contributed by atoms with Crippen LogP contribution in [0.3, 0.4) is 0 Å². The number of Topliss-reactive ketones (excluding diaryl/α,β-unsaturated/α-hetero) is 1. The highest BCUT2D eigenvalue weighted by Crippen LogP contribution is 2.55. The van der Waals surface area contributed by atoms with Gasteiger partial charge in [0.05, 0.1) is 31.0 Å². The Balaban J connectivity index is 1.62. The number of carbonyl (C=O) groups excluding carboxylic acids is 3. The number of aryl methyl sites for hydroxylation is 1. The predicted molar refractivity (Wildman–Crippen MR) is 134 cm³/mol. The number of ketones is 1. The van der Waals surface area contributed by atoms with Gasteiger partial charge in [0.15, 0.2) is 0 Å². The zero-order chi connectivity index (χ0) is 26.0. The molecular formula is C27H35NO7Si. The first-order valence-corrected chi connectivity index (χ1v) is 16.3. The Morgan fingerprint density at radius 3 is 2.44 bits per heavy atom. The van der Waals surface area contributed by atoms with E-state index in [1.165, 1.54) is 0 Å². The van der Waals surface area contributed by atoms with Gasteiger partial charge in [0, 0.05) is 26.5 Å². The topological polar surface area (TPSA) is 105 Å². The van der Waals surface area contributed by atoms with E-state index in [0.29, 0.717) is 30.2 Å². The molecule has 1 fully saturated rings. The molecule has 4 atom stereocenters. The number of rotatable bonds is 10. The Kier molecular flexibility index (Phi) is 7.68. The van der Waals surface area contributed by atoms with Gasteiger partial charge in [-0.1, -0.05) is 37.8 Å². The van der Waals surface area contributed by atoms with Crippen molar-refractivity contribution in [2.45, 2.75) is 70.8 Å². The molecule has 0 aliphatic heterocycles.